The highest BCUT2D eigenvalue weighted by atomic mass is 15.0. The Bertz CT molecular complexity index is 3580. The zero-order chi connectivity index (χ0) is 37.2. The normalized spacial score (nSPS) is 12.2. The molecule has 4 heteroatoms. The Kier molecular flexibility index (Phi) is 6.13. The minimum atomic E-state index is 0.984. The molecule has 0 saturated carbocycles. The van der Waals surface area contributed by atoms with Gasteiger partial charge in [0.15, 0.2) is 0 Å². The lowest BCUT2D eigenvalue weighted by atomic mass is 9.91. The summed E-state index contributed by atoms with van der Waals surface area (Å²) >= 11 is 0. The van der Waals surface area contributed by atoms with Gasteiger partial charge in [0.1, 0.15) is 5.65 Å². The maximum Gasteiger partial charge on any atom is 0.147 e. The summed E-state index contributed by atoms with van der Waals surface area (Å²) in [4.78, 5) is 5.31. The van der Waals surface area contributed by atoms with Crippen molar-refractivity contribution in [3.05, 3.63) is 194 Å². The first kappa shape index (κ1) is 30.6. The van der Waals surface area contributed by atoms with Crippen molar-refractivity contribution >= 4 is 92.7 Å². The predicted molar refractivity (Wildman–Crippen MR) is 239 cm³/mol. The number of hydrogen-bond donors (Lipinski definition) is 0. The molecule has 13 aromatic rings. The van der Waals surface area contributed by atoms with E-state index in [9.17, 15) is 0 Å². The SMILES string of the molecule is c1ccc2c(c1)nc1c3c4ccccc4c(-c4cc(-n5c6ccccc6c6ccccc65)cc(-n5c6ccccc6c6ccccc65)c4)cc3c3ccccc3n21. The molecule has 0 radical (unpaired) electrons. The quantitative estimate of drug-likeness (QED) is 0.167. The summed E-state index contributed by atoms with van der Waals surface area (Å²) in [6, 6.07) is 70.9. The molecule has 0 aliphatic heterocycles. The average molecular weight is 725 g/mol. The van der Waals surface area contributed by atoms with Gasteiger partial charge in [-0.2, -0.15) is 0 Å². The number of benzene rings is 9. The third-order valence-corrected chi connectivity index (χ3v) is 12.2. The van der Waals surface area contributed by atoms with E-state index in [2.05, 4.69) is 208 Å². The van der Waals surface area contributed by atoms with Gasteiger partial charge in [-0.3, -0.25) is 4.40 Å². The molecule has 0 bridgehead atoms. The van der Waals surface area contributed by atoms with Crippen molar-refractivity contribution < 1.29 is 0 Å². The average Bonchev–Trinajstić information content (AvgIpc) is 3.94. The van der Waals surface area contributed by atoms with Crippen LogP contribution in [-0.4, -0.2) is 18.5 Å². The number of imidazole rings is 1. The van der Waals surface area contributed by atoms with Crippen LogP contribution in [0.3, 0.4) is 0 Å². The largest absolute Gasteiger partial charge is 0.309 e. The summed E-state index contributed by atoms with van der Waals surface area (Å²) in [7, 11) is 0. The fraction of sp³-hybridized carbons (Fsp3) is 0. The van der Waals surface area contributed by atoms with Crippen LogP contribution in [0.5, 0.6) is 0 Å². The fourth-order valence-corrected chi connectivity index (χ4v) is 9.81. The van der Waals surface area contributed by atoms with Gasteiger partial charge in [-0.15, -0.1) is 0 Å². The molecule has 13 rings (SSSR count). The molecule has 0 fully saturated rings. The van der Waals surface area contributed by atoms with Crippen LogP contribution in [0.15, 0.2) is 194 Å². The molecule has 0 N–H and O–H groups in total. The maximum atomic E-state index is 5.31. The highest BCUT2D eigenvalue weighted by Crippen LogP contribution is 2.43. The van der Waals surface area contributed by atoms with E-state index in [-0.39, 0.29) is 0 Å². The molecule has 57 heavy (non-hydrogen) atoms. The number of hydrogen-bond acceptors (Lipinski definition) is 1. The molecule has 264 valence electrons. The topological polar surface area (TPSA) is 27.2 Å². The third kappa shape index (κ3) is 4.19. The van der Waals surface area contributed by atoms with Gasteiger partial charge in [0.2, 0.25) is 0 Å². The van der Waals surface area contributed by atoms with E-state index >= 15 is 0 Å². The van der Waals surface area contributed by atoms with Crippen molar-refractivity contribution in [3.63, 3.8) is 0 Å². The highest BCUT2D eigenvalue weighted by Gasteiger charge is 2.21. The third-order valence-electron chi connectivity index (χ3n) is 12.2. The number of fused-ring (bicyclic) bond motifs is 16. The van der Waals surface area contributed by atoms with Crippen LogP contribution in [0.1, 0.15) is 0 Å². The molecule has 0 spiro atoms. The second-order valence-electron chi connectivity index (χ2n) is 15.1. The molecular formula is C53H32N4. The standard InChI is InChI=1S/C53H32N4/c1-2-21-42-36(15-1)43(32-44-41-20-7-13-27-50(41)57-51-28-14-8-22-45(51)54-53(57)52(42)44)33-29-34(55-46-23-9-3-16-37(46)38-17-4-10-24-47(38)55)31-35(30-33)56-48-25-11-5-18-39(48)40-19-6-12-26-49(40)56/h1-32H. The van der Waals surface area contributed by atoms with E-state index in [4.69, 9.17) is 4.98 Å². The summed E-state index contributed by atoms with van der Waals surface area (Å²) in [5, 5.41) is 10.9. The number of aromatic nitrogens is 4. The maximum absolute atomic E-state index is 5.31. The van der Waals surface area contributed by atoms with Gasteiger partial charge in [-0.1, -0.05) is 127 Å². The van der Waals surface area contributed by atoms with Gasteiger partial charge in [0.25, 0.3) is 0 Å². The minimum absolute atomic E-state index is 0.984. The first-order chi connectivity index (χ1) is 28.3. The number of para-hydroxylation sites is 7. The van der Waals surface area contributed by atoms with E-state index < -0.39 is 0 Å². The first-order valence-corrected chi connectivity index (χ1v) is 19.6. The molecule has 0 amide bonds. The Hall–Kier alpha value is -7.69. The molecule has 4 heterocycles. The van der Waals surface area contributed by atoms with Crippen LogP contribution in [0, 0.1) is 0 Å². The van der Waals surface area contributed by atoms with Crippen molar-refractivity contribution in [1.29, 1.82) is 0 Å². The van der Waals surface area contributed by atoms with Crippen molar-refractivity contribution in [2.45, 2.75) is 0 Å². The Morgan fingerprint density at radius 2 is 0.719 bits per heavy atom. The molecular weight excluding hydrogens is 693 g/mol. The van der Waals surface area contributed by atoms with Gasteiger partial charge in [0, 0.05) is 43.7 Å². The van der Waals surface area contributed by atoms with Crippen molar-refractivity contribution in [3.8, 4) is 22.5 Å². The molecule has 0 atom stereocenters. The highest BCUT2D eigenvalue weighted by molar-refractivity contribution is 6.26. The van der Waals surface area contributed by atoms with E-state index in [1.54, 1.807) is 0 Å². The lowest BCUT2D eigenvalue weighted by Gasteiger charge is -2.18. The van der Waals surface area contributed by atoms with Crippen LogP contribution in [0.4, 0.5) is 0 Å². The van der Waals surface area contributed by atoms with Crippen LogP contribution in [-0.2, 0) is 0 Å². The molecule has 9 aromatic carbocycles. The zero-order valence-corrected chi connectivity index (χ0v) is 30.8. The summed E-state index contributed by atoms with van der Waals surface area (Å²) in [5.74, 6) is 0. The van der Waals surface area contributed by atoms with Gasteiger partial charge in [-0.05, 0) is 94.0 Å². The predicted octanol–water partition coefficient (Wildman–Crippen LogP) is 13.8. The van der Waals surface area contributed by atoms with Gasteiger partial charge in [0.05, 0.1) is 38.6 Å². The van der Waals surface area contributed by atoms with Crippen molar-refractivity contribution in [2.24, 2.45) is 0 Å². The minimum Gasteiger partial charge on any atom is -0.309 e. The molecule has 0 aliphatic carbocycles. The monoisotopic (exact) mass is 724 g/mol. The smallest absolute Gasteiger partial charge is 0.147 e. The second kappa shape index (κ2) is 11.4. The van der Waals surface area contributed by atoms with Crippen LogP contribution >= 0.6 is 0 Å². The second-order valence-corrected chi connectivity index (χ2v) is 15.1. The van der Waals surface area contributed by atoms with Crippen LogP contribution in [0.25, 0.3) is 115 Å². The summed E-state index contributed by atoms with van der Waals surface area (Å²) in [6.07, 6.45) is 0. The molecule has 0 aliphatic rings. The van der Waals surface area contributed by atoms with Crippen molar-refractivity contribution in [1.82, 2.24) is 18.5 Å². The fourth-order valence-electron chi connectivity index (χ4n) is 9.81. The Labute approximate surface area is 326 Å². The van der Waals surface area contributed by atoms with Crippen molar-refractivity contribution in [2.75, 3.05) is 0 Å². The lowest BCUT2D eigenvalue weighted by molar-refractivity contribution is 1.13. The number of rotatable bonds is 3. The lowest BCUT2D eigenvalue weighted by Crippen LogP contribution is -2.00. The summed E-state index contributed by atoms with van der Waals surface area (Å²) in [6.45, 7) is 0. The Morgan fingerprint density at radius 1 is 0.316 bits per heavy atom. The van der Waals surface area contributed by atoms with Crippen LogP contribution in [0.2, 0.25) is 0 Å². The molecule has 4 aromatic heterocycles. The van der Waals surface area contributed by atoms with E-state index in [0.717, 1.165) is 39.1 Å². The van der Waals surface area contributed by atoms with E-state index in [0.29, 0.717) is 0 Å². The van der Waals surface area contributed by atoms with E-state index in [1.165, 1.54) is 76.1 Å². The van der Waals surface area contributed by atoms with Gasteiger partial charge < -0.3 is 9.13 Å². The zero-order valence-electron chi connectivity index (χ0n) is 30.8. The number of pyridine rings is 1. The number of nitrogens with zero attached hydrogens (tertiary/aromatic N) is 4. The molecule has 0 saturated heterocycles. The van der Waals surface area contributed by atoms with Gasteiger partial charge in [-0.25, -0.2) is 4.98 Å². The summed E-state index contributed by atoms with van der Waals surface area (Å²) < 4.78 is 7.25. The molecule has 4 nitrogen and oxygen atoms in total. The Balaban J connectivity index is 1.20. The van der Waals surface area contributed by atoms with Crippen LogP contribution < -0.4 is 0 Å². The summed E-state index contributed by atoms with van der Waals surface area (Å²) in [5.41, 5.74) is 13.6. The Morgan fingerprint density at radius 3 is 1.25 bits per heavy atom. The van der Waals surface area contributed by atoms with Gasteiger partial charge >= 0.3 is 0 Å². The first-order valence-electron chi connectivity index (χ1n) is 19.6. The van der Waals surface area contributed by atoms with E-state index in [1.807, 2.05) is 0 Å². The molecule has 0 unspecified atom stereocenters.